The summed E-state index contributed by atoms with van der Waals surface area (Å²) in [5.41, 5.74) is 1.00. The number of ether oxygens (including phenoxy) is 3. The zero-order valence-corrected chi connectivity index (χ0v) is 15.8. The maximum Gasteiger partial charge on any atom is 0.340 e. The first kappa shape index (κ1) is 20.1. The maximum absolute atomic E-state index is 12.2. The number of thiocarbonyl (C=S) groups is 1. The zero-order valence-electron chi connectivity index (χ0n) is 15.0. The van der Waals surface area contributed by atoms with Gasteiger partial charge in [-0.3, -0.25) is 0 Å². The van der Waals surface area contributed by atoms with Gasteiger partial charge in [-0.1, -0.05) is 0 Å². The predicted molar refractivity (Wildman–Crippen MR) is 102 cm³/mol. The van der Waals surface area contributed by atoms with Gasteiger partial charge in [0.2, 0.25) is 0 Å². The molecule has 0 radical (unpaired) electrons. The molecular formula is C18H24N2O5S. The number of nitrogens with one attached hydrogen (secondary N) is 2. The minimum absolute atomic E-state index is 0.130. The molecular weight excluding hydrogens is 356 g/mol. The molecule has 2 N–H and O–H groups in total. The normalized spacial score (nSPS) is 16.0. The fourth-order valence-corrected chi connectivity index (χ4v) is 2.75. The lowest BCUT2D eigenvalue weighted by Gasteiger charge is -2.16. The number of carbonyl (C=O) groups excluding carboxylic acids is 2. The van der Waals surface area contributed by atoms with E-state index < -0.39 is 11.9 Å². The van der Waals surface area contributed by atoms with Crippen molar-refractivity contribution in [1.82, 2.24) is 5.32 Å². The molecule has 1 unspecified atom stereocenters. The molecule has 1 fully saturated rings. The van der Waals surface area contributed by atoms with Crippen LogP contribution in [0.4, 0.5) is 5.69 Å². The second-order valence-electron chi connectivity index (χ2n) is 5.67. The first-order valence-corrected chi connectivity index (χ1v) is 9.10. The first-order valence-electron chi connectivity index (χ1n) is 8.69. The van der Waals surface area contributed by atoms with Gasteiger partial charge in [-0.15, -0.1) is 0 Å². The van der Waals surface area contributed by atoms with Crippen LogP contribution < -0.4 is 10.6 Å². The highest BCUT2D eigenvalue weighted by Gasteiger charge is 2.18. The fraction of sp³-hybridized carbons (Fsp3) is 0.500. The Morgan fingerprint density at radius 2 is 1.96 bits per heavy atom. The van der Waals surface area contributed by atoms with Gasteiger partial charge in [0, 0.05) is 13.2 Å². The summed E-state index contributed by atoms with van der Waals surface area (Å²) in [5.74, 6) is -0.962. The molecule has 1 aliphatic heterocycles. The predicted octanol–water partition coefficient (Wildman–Crippen LogP) is 2.51. The Labute approximate surface area is 158 Å². The van der Waals surface area contributed by atoms with Crippen LogP contribution in [0.2, 0.25) is 0 Å². The van der Waals surface area contributed by atoms with Crippen molar-refractivity contribution in [3.63, 3.8) is 0 Å². The highest BCUT2D eigenvalue weighted by Crippen LogP contribution is 2.20. The van der Waals surface area contributed by atoms with E-state index in [9.17, 15) is 9.59 Å². The molecule has 0 bridgehead atoms. The van der Waals surface area contributed by atoms with Gasteiger partial charge < -0.3 is 24.8 Å². The summed E-state index contributed by atoms with van der Waals surface area (Å²) in [6.07, 6.45) is 2.16. The van der Waals surface area contributed by atoms with Gasteiger partial charge in [0.25, 0.3) is 0 Å². The molecule has 2 rings (SSSR count). The van der Waals surface area contributed by atoms with Gasteiger partial charge in [0.15, 0.2) is 5.11 Å². The van der Waals surface area contributed by atoms with Gasteiger partial charge >= 0.3 is 11.9 Å². The molecule has 1 saturated heterocycles. The van der Waals surface area contributed by atoms with Crippen molar-refractivity contribution < 1.29 is 23.8 Å². The van der Waals surface area contributed by atoms with Crippen molar-refractivity contribution in [3.05, 3.63) is 29.3 Å². The van der Waals surface area contributed by atoms with Crippen molar-refractivity contribution >= 4 is 35.0 Å². The van der Waals surface area contributed by atoms with Gasteiger partial charge in [-0.25, -0.2) is 9.59 Å². The Balaban J connectivity index is 2.12. The van der Waals surface area contributed by atoms with E-state index in [1.54, 1.807) is 13.8 Å². The molecule has 8 heteroatoms. The second kappa shape index (κ2) is 10.1. The van der Waals surface area contributed by atoms with Gasteiger partial charge in [0.1, 0.15) is 0 Å². The number of benzene rings is 1. The van der Waals surface area contributed by atoms with Gasteiger partial charge in [-0.2, -0.15) is 0 Å². The third-order valence-corrected chi connectivity index (χ3v) is 4.03. The van der Waals surface area contributed by atoms with Crippen LogP contribution in [0.3, 0.4) is 0 Å². The SMILES string of the molecule is CCOC(=O)c1ccc(C(=O)OCC)c(NC(=S)NCC2CCCO2)c1. The lowest BCUT2D eigenvalue weighted by molar-refractivity contribution is 0.0512. The molecule has 142 valence electrons. The smallest absolute Gasteiger partial charge is 0.340 e. The second-order valence-corrected chi connectivity index (χ2v) is 6.08. The van der Waals surface area contributed by atoms with Crippen molar-refractivity contribution in [2.45, 2.75) is 32.8 Å². The Morgan fingerprint density at radius 1 is 1.23 bits per heavy atom. The molecule has 26 heavy (non-hydrogen) atoms. The monoisotopic (exact) mass is 380 g/mol. The molecule has 1 aliphatic rings. The van der Waals surface area contributed by atoms with Crippen LogP contribution in [0.1, 0.15) is 47.4 Å². The standard InChI is InChI=1S/C18H24N2O5S/c1-3-23-16(21)12-7-8-14(17(22)24-4-2)15(10-12)20-18(26)19-11-13-6-5-9-25-13/h7-8,10,13H,3-6,9,11H2,1-2H3,(H2,19,20,26). The molecule has 0 aromatic heterocycles. The van der Waals surface area contributed by atoms with Crippen molar-refractivity contribution in [1.29, 1.82) is 0 Å². The van der Waals surface area contributed by atoms with Crippen LogP contribution in [0.5, 0.6) is 0 Å². The van der Waals surface area contributed by atoms with E-state index in [0.29, 0.717) is 28.5 Å². The molecule has 0 spiro atoms. The van der Waals surface area contributed by atoms with Gasteiger partial charge in [0.05, 0.1) is 36.1 Å². The quantitative estimate of drug-likeness (QED) is 0.551. The lowest BCUT2D eigenvalue weighted by atomic mass is 10.1. The molecule has 0 aliphatic carbocycles. The summed E-state index contributed by atoms with van der Waals surface area (Å²) < 4.78 is 15.6. The van der Waals surface area contributed by atoms with Crippen molar-refractivity contribution in [2.75, 3.05) is 31.7 Å². The number of rotatable bonds is 7. The maximum atomic E-state index is 12.2. The summed E-state index contributed by atoms with van der Waals surface area (Å²) in [7, 11) is 0. The van der Waals surface area contributed by atoms with E-state index in [-0.39, 0.29) is 19.3 Å². The van der Waals surface area contributed by atoms with E-state index in [2.05, 4.69) is 10.6 Å². The highest BCUT2D eigenvalue weighted by atomic mass is 32.1. The highest BCUT2D eigenvalue weighted by molar-refractivity contribution is 7.80. The molecule has 0 amide bonds. The average molecular weight is 380 g/mol. The minimum atomic E-state index is -0.493. The number of carbonyl (C=O) groups is 2. The summed E-state index contributed by atoms with van der Waals surface area (Å²) in [6.45, 7) is 5.32. The molecule has 7 nitrogen and oxygen atoms in total. The van der Waals surface area contributed by atoms with Gasteiger partial charge in [-0.05, 0) is 57.1 Å². The minimum Gasteiger partial charge on any atom is -0.462 e. The summed E-state index contributed by atoms with van der Waals surface area (Å²) in [6, 6.07) is 4.58. The summed E-state index contributed by atoms with van der Waals surface area (Å²) in [5, 5.41) is 6.38. The number of hydrogen-bond acceptors (Lipinski definition) is 6. The van der Waals surface area contributed by atoms with E-state index in [1.165, 1.54) is 18.2 Å². The average Bonchev–Trinajstić information content (AvgIpc) is 3.14. The largest absolute Gasteiger partial charge is 0.462 e. The van der Waals surface area contributed by atoms with Crippen LogP contribution in [0.25, 0.3) is 0 Å². The Kier molecular flexibility index (Phi) is 7.80. The number of hydrogen-bond donors (Lipinski definition) is 2. The van der Waals surface area contributed by atoms with Crippen molar-refractivity contribution in [2.24, 2.45) is 0 Å². The zero-order chi connectivity index (χ0) is 18.9. The third kappa shape index (κ3) is 5.67. The number of anilines is 1. The molecule has 1 heterocycles. The number of esters is 2. The Hall–Kier alpha value is -2.19. The van der Waals surface area contributed by atoms with Crippen molar-refractivity contribution in [3.8, 4) is 0 Å². The Bertz CT molecular complexity index is 659. The van der Waals surface area contributed by atoms with E-state index in [1.807, 2.05) is 0 Å². The van der Waals surface area contributed by atoms with Crippen LogP contribution in [-0.4, -0.2) is 49.5 Å². The molecule has 1 aromatic rings. The first-order chi connectivity index (χ1) is 12.5. The summed E-state index contributed by atoms with van der Waals surface area (Å²) >= 11 is 5.30. The van der Waals surface area contributed by atoms with E-state index in [0.717, 1.165) is 19.4 Å². The lowest BCUT2D eigenvalue weighted by Crippen LogP contribution is -2.35. The topological polar surface area (TPSA) is 85.9 Å². The molecule has 1 atom stereocenters. The van der Waals surface area contributed by atoms with E-state index >= 15 is 0 Å². The molecule has 0 saturated carbocycles. The van der Waals surface area contributed by atoms with Crippen LogP contribution in [-0.2, 0) is 14.2 Å². The van der Waals surface area contributed by atoms with Crippen LogP contribution in [0, 0.1) is 0 Å². The molecule has 1 aromatic carbocycles. The fourth-order valence-electron chi connectivity index (χ4n) is 2.55. The van der Waals surface area contributed by atoms with Crippen LogP contribution >= 0.6 is 12.2 Å². The summed E-state index contributed by atoms with van der Waals surface area (Å²) in [4.78, 5) is 24.1. The van der Waals surface area contributed by atoms with E-state index in [4.69, 9.17) is 26.4 Å². The Morgan fingerprint density at radius 3 is 2.62 bits per heavy atom. The van der Waals surface area contributed by atoms with Crippen LogP contribution in [0.15, 0.2) is 18.2 Å². The third-order valence-electron chi connectivity index (χ3n) is 3.79.